The molecule has 2 saturated carbocycles. The van der Waals surface area contributed by atoms with Crippen LogP contribution in [0.1, 0.15) is 65.4 Å². The van der Waals surface area contributed by atoms with Crippen LogP contribution >= 0.6 is 11.8 Å². The van der Waals surface area contributed by atoms with Crippen molar-refractivity contribution < 1.29 is 19.0 Å². The highest BCUT2D eigenvalue weighted by Gasteiger charge is 2.61. The van der Waals surface area contributed by atoms with E-state index in [1.807, 2.05) is 23.9 Å². The van der Waals surface area contributed by atoms with Gasteiger partial charge in [-0.25, -0.2) is 4.79 Å². The molecule has 0 bridgehead atoms. The molecule has 2 aliphatic carbocycles. The van der Waals surface area contributed by atoms with Gasteiger partial charge in [0.2, 0.25) is 0 Å². The van der Waals surface area contributed by atoms with Crippen LogP contribution in [0.4, 0.5) is 0 Å². The Morgan fingerprint density at radius 1 is 1.14 bits per heavy atom. The van der Waals surface area contributed by atoms with E-state index in [2.05, 4.69) is 58.5 Å². The fourth-order valence-electron chi connectivity index (χ4n) is 7.62. The molecule has 0 radical (unpaired) electrons. The van der Waals surface area contributed by atoms with E-state index < -0.39 is 5.79 Å². The fraction of sp³-hybridized carbons (Fsp3) is 0.633. The molecule has 5 heteroatoms. The van der Waals surface area contributed by atoms with E-state index >= 15 is 0 Å². The van der Waals surface area contributed by atoms with E-state index in [0.717, 1.165) is 49.0 Å². The second kappa shape index (κ2) is 9.39. The lowest BCUT2D eigenvalue weighted by Crippen LogP contribution is -2.63. The average molecular weight is 497 g/mol. The number of rotatable bonds is 6. The number of cyclic esters (lactones) is 1. The second-order valence-electron chi connectivity index (χ2n) is 11.5. The maximum Gasteiger partial charge on any atom is 0.335 e. The van der Waals surface area contributed by atoms with E-state index in [1.165, 1.54) is 5.57 Å². The molecule has 190 valence electrons. The highest BCUT2D eigenvalue weighted by molar-refractivity contribution is 8.00. The fourth-order valence-corrected chi connectivity index (χ4v) is 8.72. The van der Waals surface area contributed by atoms with Crippen LogP contribution in [0.3, 0.4) is 0 Å². The number of ether oxygens (including phenoxy) is 3. The number of esters is 1. The van der Waals surface area contributed by atoms with Crippen molar-refractivity contribution in [2.45, 2.75) is 76.9 Å². The van der Waals surface area contributed by atoms with Gasteiger partial charge in [0.15, 0.2) is 5.79 Å². The molecule has 1 saturated heterocycles. The van der Waals surface area contributed by atoms with Crippen molar-refractivity contribution >= 4 is 17.7 Å². The van der Waals surface area contributed by atoms with E-state index in [1.54, 1.807) is 0 Å². The van der Waals surface area contributed by atoms with Crippen molar-refractivity contribution in [1.82, 2.24) is 0 Å². The minimum atomic E-state index is -0.699. The molecule has 35 heavy (non-hydrogen) atoms. The Labute approximate surface area is 214 Å². The summed E-state index contributed by atoms with van der Waals surface area (Å²) in [5, 5.41) is 0.165. The highest BCUT2D eigenvalue weighted by atomic mass is 32.2. The predicted molar refractivity (Wildman–Crippen MR) is 141 cm³/mol. The van der Waals surface area contributed by atoms with Crippen molar-refractivity contribution in [2.75, 3.05) is 19.0 Å². The van der Waals surface area contributed by atoms with E-state index in [9.17, 15) is 4.79 Å². The SMILES string of the molecule is C=C1CCC2[C@]3(C)COC(C)(c4ccccc4)OC3CC[C@]2(C)[C@H]1CC(SCC)C1=CCOC1=O. The molecule has 1 aromatic carbocycles. The smallest absolute Gasteiger partial charge is 0.335 e. The first-order valence-corrected chi connectivity index (χ1v) is 14.3. The molecule has 1 aromatic rings. The Balaban J connectivity index is 1.40. The van der Waals surface area contributed by atoms with Crippen molar-refractivity contribution in [3.05, 3.63) is 59.7 Å². The highest BCUT2D eigenvalue weighted by Crippen LogP contribution is 2.64. The van der Waals surface area contributed by atoms with Crippen molar-refractivity contribution in [1.29, 1.82) is 0 Å². The Kier molecular flexibility index (Phi) is 6.73. The van der Waals surface area contributed by atoms with E-state index in [0.29, 0.717) is 25.0 Å². The Hall–Kier alpha value is -1.56. The number of hydrogen-bond donors (Lipinski definition) is 0. The third-order valence-electron chi connectivity index (χ3n) is 9.56. The van der Waals surface area contributed by atoms with Gasteiger partial charge in [0, 0.05) is 21.8 Å². The van der Waals surface area contributed by atoms with Crippen LogP contribution in [0.2, 0.25) is 0 Å². The van der Waals surface area contributed by atoms with Gasteiger partial charge in [-0.3, -0.25) is 0 Å². The summed E-state index contributed by atoms with van der Waals surface area (Å²) in [4.78, 5) is 12.4. The molecular formula is C30H40O4S. The van der Waals surface area contributed by atoms with Crippen molar-refractivity contribution in [2.24, 2.45) is 22.7 Å². The lowest BCUT2D eigenvalue weighted by Gasteiger charge is -2.64. The van der Waals surface area contributed by atoms with E-state index in [4.69, 9.17) is 14.2 Å². The minimum Gasteiger partial charge on any atom is -0.458 e. The summed E-state index contributed by atoms with van der Waals surface area (Å²) < 4.78 is 18.7. The zero-order chi connectivity index (χ0) is 24.8. The average Bonchev–Trinajstić information content (AvgIpc) is 3.27. The number of hydrogen-bond acceptors (Lipinski definition) is 5. The first-order valence-electron chi connectivity index (χ1n) is 13.2. The van der Waals surface area contributed by atoms with Gasteiger partial charge >= 0.3 is 5.97 Å². The molecule has 0 aromatic heterocycles. The number of thioether (sulfide) groups is 1. The van der Waals surface area contributed by atoms with Gasteiger partial charge in [0.05, 0.1) is 12.7 Å². The summed E-state index contributed by atoms with van der Waals surface area (Å²) in [5.74, 6) is 1.01. The number of carbonyl (C=O) groups is 1. The topological polar surface area (TPSA) is 44.8 Å². The number of carbonyl (C=O) groups excluding carboxylic acids is 1. The molecule has 4 aliphatic rings. The maximum absolute atomic E-state index is 12.4. The van der Waals surface area contributed by atoms with Crippen LogP contribution in [0.25, 0.3) is 0 Å². The van der Waals surface area contributed by atoms with Crippen LogP contribution in [-0.4, -0.2) is 36.3 Å². The summed E-state index contributed by atoms with van der Waals surface area (Å²) in [6.07, 6.45) is 7.41. The van der Waals surface area contributed by atoms with Crippen molar-refractivity contribution in [3.8, 4) is 0 Å². The second-order valence-corrected chi connectivity index (χ2v) is 13.0. The van der Waals surface area contributed by atoms with Crippen LogP contribution in [0, 0.1) is 22.7 Å². The summed E-state index contributed by atoms with van der Waals surface area (Å²) >= 11 is 1.87. The Morgan fingerprint density at radius 3 is 2.60 bits per heavy atom. The lowest BCUT2D eigenvalue weighted by atomic mass is 9.45. The van der Waals surface area contributed by atoms with Gasteiger partial charge in [0.25, 0.3) is 0 Å². The van der Waals surface area contributed by atoms with Gasteiger partial charge < -0.3 is 14.2 Å². The van der Waals surface area contributed by atoms with Crippen LogP contribution in [-0.2, 0) is 24.8 Å². The first-order chi connectivity index (χ1) is 16.7. The molecule has 0 amide bonds. The summed E-state index contributed by atoms with van der Waals surface area (Å²) in [6, 6.07) is 10.3. The lowest BCUT2D eigenvalue weighted by molar-refractivity contribution is -0.359. The third-order valence-corrected chi connectivity index (χ3v) is 10.7. The van der Waals surface area contributed by atoms with Crippen molar-refractivity contribution in [3.63, 3.8) is 0 Å². The van der Waals surface area contributed by atoms with Gasteiger partial charge in [-0.1, -0.05) is 63.3 Å². The first kappa shape index (κ1) is 25.1. The molecule has 4 unspecified atom stereocenters. The molecule has 2 aliphatic heterocycles. The Morgan fingerprint density at radius 2 is 1.91 bits per heavy atom. The molecule has 0 spiro atoms. The third kappa shape index (κ3) is 4.22. The number of allylic oxidation sites excluding steroid dienone is 1. The number of benzene rings is 1. The van der Waals surface area contributed by atoms with Gasteiger partial charge in [-0.05, 0) is 68.1 Å². The summed E-state index contributed by atoms with van der Waals surface area (Å²) in [7, 11) is 0. The molecule has 3 fully saturated rings. The normalized spacial score (nSPS) is 39.9. The van der Waals surface area contributed by atoms with Crippen LogP contribution < -0.4 is 0 Å². The zero-order valence-corrected chi connectivity index (χ0v) is 22.5. The molecule has 2 heterocycles. The zero-order valence-electron chi connectivity index (χ0n) is 21.7. The largest absolute Gasteiger partial charge is 0.458 e. The number of fused-ring (bicyclic) bond motifs is 3. The predicted octanol–water partition coefficient (Wildman–Crippen LogP) is 6.66. The molecule has 0 N–H and O–H groups in total. The minimum absolute atomic E-state index is 0.0425. The maximum atomic E-state index is 12.4. The van der Waals surface area contributed by atoms with Crippen LogP contribution in [0.15, 0.2) is 54.1 Å². The van der Waals surface area contributed by atoms with Crippen LogP contribution in [0.5, 0.6) is 0 Å². The van der Waals surface area contributed by atoms with Gasteiger partial charge in [-0.15, -0.1) is 0 Å². The van der Waals surface area contributed by atoms with E-state index in [-0.39, 0.29) is 28.2 Å². The molecular weight excluding hydrogens is 456 g/mol. The molecule has 4 nitrogen and oxygen atoms in total. The monoisotopic (exact) mass is 496 g/mol. The molecule has 5 rings (SSSR count). The summed E-state index contributed by atoms with van der Waals surface area (Å²) in [6.45, 7) is 14.8. The van der Waals surface area contributed by atoms with Gasteiger partial charge in [0.1, 0.15) is 6.61 Å². The standard InChI is InChI=1S/C30H40O4S/c1-6-35-24(22-15-17-32-27(22)31)18-23-20(2)12-13-25-28(23,3)16-14-26-29(25,4)19-33-30(5,34-26)21-10-8-7-9-11-21/h7-11,15,23-26H,2,6,12-14,16-19H2,1,3-5H3/t23-,24?,25?,26?,28+,29-,30?/m0/s1. The quantitative estimate of drug-likeness (QED) is 0.326. The van der Waals surface area contributed by atoms with Gasteiger partial charge in [-0.2, -0.15) is 11.8 Å². The Bertz CT molecular complexity index is 1000. The summed E-state index contributed by atoms with van der Waals surface area (Å²) in [5.41, 5.74) is 3.37. The molecule has 7 atom stereocenters.